The van der Waals surface area contributed by atoms with E-state index < -0.39 is 17.7 Å². The number of esters is 1. The predicted molar refractivity (Wildman–Crippen MR) is 88.5 cm³/mol. The van der Waals surface area contributed by atoms with E-state index in [9.17, 15) is 14.7 Å². The van der Waals surface area contributed by atoms with Crippen molar-refractivity contribution in [2.75, 3.05) is 26.7 Å². The van der Waals surface area contributed by atoms with Crippen LogP contribution in [0.3, 0.4) is 0 Å². The van der Waals surface area contributed by atoms with Crippen molar-refractivity contribution in [2.45, 2.75) is 64.3 Å². The maximum atomic E-state index is 12.2. The van der Waals surface area contributed by atoms with Gasteiger partial charge < -0.3 is 19.5 Å². The lowest BCUT2D eigenvalue weighted by molar-refractivity contribution is -0.147. The Bertz CT molecular complexity index is 476. The van der Waals surface area contributed by atoms with E-state index in [1.54, 1.807) is 4.90 Å². The lowest BCUT2D eigenvalue weighted by atomic mass is 9.92. The lowest BCUT2D eigenvalue weighted by Gasteiger charge is -2.42. The zero-order chi connectivity index (χ0) is 18.1. The number of likely N-dealkylation sites (tertiary alicyclic amines) is 2. The molecule has 0 saturated carbocycles. The van der Waals surface area contributed by atoms with Crippen LogP contribution in [0.2, 0.25) is 0 Å². The monoisotopic (exact) mass is 342 g/mol. The van der Waals surface area contributed by atoms with Crippen LogP contribution in [0, 0.1) is 5.92 Å². The number of rotatable bonds is 2. The van der Waals surface area contributed by atoms with Crippen LogP contribution in [0.1, 0.15) is 40.5 Å². The smallest absolute Gasteiger partial charge is 0.410 e. The average molecular weight is 342 g/mol. The topological polar surface area (TPSA) is 79.3 Å². The molecule has 2 rings (SSSR count). The first-order valence-electron chi connectivity index (χ1n) is 8.62. The Balaban J connectivity index is 2.00. The van der Waals surface area contributed by atoms with E-state index in [0.717, 1.165) is 6.42 Å². The summed E-state index contributed by atoms with van der Waals surface area (Å²) >= 11 is 0. The molecule has 0 bridgehead atoms. The van der Waals surface area contributed by atoms with Gasteiger partial charge in [0.15, 0.2) is 0 Å². The van der Waals surface area contributed by atoms with E-state index in [2.05, 4.69) is 6.92 Å². The number of hydrogen-bond acceptors (Lipinski definition) is 6. The molecule has 2 saturated heterocycles. The van der Waals surface area contributed by atoms with E-state index in [1.165, 1.54) is 7.11 Å². The fourth-order valence-corrected chi connectivity index (χ4v) is 3.69. The zero-order valence-corrected chi connectivity index (χ0v) is 15.3. The minimum atomic E-state index is -0.509. The van der Waals surface area contributed by atoms with Crippen molar-refractivity contribution in [1.82, 2.24) is 9.80 Å². The first-order valence-corrected chi connectivity index (χ1v) is 8.62. The highest BCUT2D eigenvalue weighted by Gasteiger charge is 2.44. The standard InChI is InChI=1S/C17H30N2O5/c1-11-9-18(16(22)24-17(2,3)4)7-6-13(11)19-10-12(20)8-14(19)15(21)23-5/h11-14,20H,6-10H2,1-5H3/t11?,12-,13?,14+/m1/s1. The highest BCUT2D eigenvalue weighted by Crippen LogP contribution is 2.30. The maximum absolute atomic E-state index is 12.2. The van der Waals surface area contributed by atoms with Gasteiger partial charge in [-0.2, -0.15) is 0 Å². The molecule has 1 N–H and O–H groups in total. The number of ether oxygens (including phenoxy) is 2. The summed E-state index contributed by atoms with van der Waals surface area (Å²) in [5.74, 6) is -0.114. The van der Waals surface area contributed by atoms with Crippen LogP contribution >= 0.6 is 0 Å². The summed E-state index contributed by atoms with van der Waals surface area (Å²) in [5.41, 5.74) is -0.508. The molecule has 2 unspecified atom stereocenters. The van der Waals surface area contributed by atoms with E-state index in [-0.39, 0.29) is 24.0 Å². The molecule has 0 aromatic carbocycles. The summed E-state index contributed by atoms with van der Waals surface area (Å²) in [6.07, 6.45) is 0.357. The van der Waals surface area contributed by atoms with Crippen molar-refractivity contribution in [2.24, 2.45) is 5.92 Å². The molecule has 4 atom stereocenters. The Labute approximate surface area is 143 Å². The third-order valence-electron chi connectivity index (χ3n) is 4.73. The summed E-state index contributed by atoms with van der Waals surface area (Å²) < 4.78 is 10.3. The number of piperidine rings is 1. The molecular weight excluding hydrogens is 312 g/mol. The second-order valence-electron chi connectivity index (χ2n) is 7.88. The zero-order valence-electron chi connectivity index (χ0n) is 15.3. The number of amides is 1. The van der Waals surface area contributed by atoms with E-state index >= 15 is 0 Å². The minimum absolute atomic E-state index is 0.143. The molecular formula is C17H30N2O5. The van der Waals surface area contributed by atoms with Crippen molar-refractivity contribution >= 4 is 12.1 Å². The van der Waals surface area contributed by atoms with Crippen molar-refractivity contribution < 1.29 is 24.2 Å². The number of carbonyl (C=O) groups is 2. The number of aliphatic hydroxyl groups is 1. The van der Waals surface area contributed by atoms with Gasteiger partial charge in [0.2, 0.25) is 0 Å². The first kappa shape index (κ1) is 19.0. The van der Waals surface area contributed by atoms with Crippen LogP contribution in [0.25, 0.3) is 0 Å². The predicted octanol–water partition coefficient (Wildman–Crippen LogP) is 1.24. The molecule has 2 heterocycles. The number of methoxy groups -OCH3 is 1. The van der Waals surface area contributed by atoms with Gasteiger partial charge >= 0.3 is 12.1 Å². The molecule has 24 heavy (non-hydrogen) atoms. The molecule has 2 aliphatic rings. The summed E-state index contributed by atoms with van der Waals surface area (Å²) in [4.78, 5) is 28.0. The van der Waals surface area contributed by atoms with Gasteiger partial charge in [-0.25, -0.2) is 4.79 Å². The van der Waals surface area contributed by atoms with Gasteiger partial charge in [-0.15, -0.1) is 0 Å². The van der Waals surface area contributed by atoms with Crippen LogP contribution < -0.4 is 0 Å². The minimum Gasteiger partial charge on any atom is -0.468 e. The summed E-state index contributed by atoms with van der Waals surface area (Å²) in [6, 6.07) is -0.254. The van der Waals surface area contributed by atoms with Gasteiger partial charge in [-0.3, -0.25) is 9.69 Å². The molecule has 0 spiro atoms. The largest absolute Gasteiger partial charge is 0.468 e. The van der Waals surface area contributed by atoms with Crippen LogP contribution in [0.15, 0.2) is 0 Å². The van der Waals surface area contributed by atoms with Gasteiger partial charge in [-0.1, -0.05) is 6.92 Å². The number of aliphatic hydroxyl groups excluding tert-OH is 1. The van der Waals surface area contributed by atoms with Crippen LogP contribution in [0.5, 0.6) is 0 Å². The second kappa shape index (κ2) is 7.27. The fourth-order valence-electron chi connectivity index (χ4n) is 3.69. The van der Waals surface area contributed by atoms with Gasteiger partial charge in [0.25, 0.3) is 0 Å². The van der Waals surface area contributed by atoms with E-state index in [4.69, 9.17) is 9.47 Å². The molecule has 7 heteroatoms. The quantitative estimate of drug-likeness (QED) is 0.761. The third kappa shape index (κ3) is 4.39. The molecule has 2 aliphatic heterocycles. The summed E-state index contributed by atoms with van der Waals surface area (Å²) in [5, 5.41) is 9.97. The number of hydrogen-bond donors (Lipinski definition) is 1. The summed E-state index contributed by atoms with van der Waals surface area (Å²) in [7, 11) is 1.37. The highest BCUT2D eigenvalue weighted by atomic mass is 16.6. The van der Waals surface area contributed by atoms with Crippen molar-refractivity contribution in [3.8, 4) is 0 Å². The van der Waals surface area contributed by atoms with E-state index in [1.807, 2.05) is 25.7 Å². The van der Waals surface area contributed by atoms with E-state index in [0.29, 0.717) is 26.1 Å². The average Bonchev–Trinajstić information content (AvgIpc) is 2.86. The Morgan fingerprint density at radius 3 is 2.42 bits per heavy atom. The highest BCUT2D eigenvalue weighted by molar-refractivity contribution is 5.76. The third-order valence-corrected chi connectivity index (χ3v) is 4.73. The van der Waals surface area contributed by atoms with Gasteiger partial charge in [0.1, 0.15) is 11.6 Å². The lowest BCUT2D eigenvalue weighted by Crippen LogP contribution is -2.55. The Hall–Kier alpha value is -1.34. The molecule has 138 valence electrons. The number of β-amino-alcohol motifs (C(OH)–C–C–N with tert-alkyl or cyclic N) is 1. The molecule has 0 radical (unpaired) electrons. The molecule has 0 aliphatic carbocycles. The molecule has 0 aromatic rings. The van der Waals surface area contributed by atoms with Crippen LogP contribution in [0.4, 0.5) is 4.79 Å². The van der Waals surface area contributed by atoms with Crippen LogP contribution in [-0.4, -0.2) is 77.5 Å². The van der Waals surface area contributed by atoms with Crippen LogP contribution in [-0.2, 0) is 14.3 Å². The molecule has 0 aromatic heterocycles. The molecule has 7 nitrogen and oxygen atoms in total. The molecule has 2 fully saturated rings. The van der Waals surface area contributed by atoms with Crippen molar-refractivity contribution in [3.05, 3.63) is 0 Å². The maximum Gasteiger partial charge on any atom is 0.410 e. The Morgan fingerprint density at radius 2 is 1.88 bits per heavy atom. The summed E-state index contributed by atoms with van der Waals surface area (Å²) in [6.45, 7) is 9.28. The van der Waals surface area contributed by atoms with Gasteiger partial charge in [0, 0.05) is 32.1 Å². The SMILES string of the molecule is COC(=O)[C@@H]1C[C@@H](O)CN1C1CCN(C(=O)OC(C)(C)C)CC1C. The normalized spacial score (nSPS) is 31.8. The number of carbonyl (C=O) groups excluding carboxylic acids is 2. The first-order chi connectivity index (χ1) is 11.1. The van der Waals surface area contributed by atoms with Crippen molar-refractivity contribution in [3.63, 3.8) is 0 Å². The van der Waals surface area contributed by atoms with Gasteiger partial charge in [-0.05, 0) is 33.1 Å². The number of nitrogens with zero attached hydrogens (tertiary/aromatic N) is 2. The Kier molecular flexibility index (Phi) is 5.75. The Morgan fingerprint density at radius 1 is 1.21 bits per heavy atom. The fraction of sp³-hybridized carbons (Fsp3) is 0.882. The van der Waals surface area contributed by atoms with Gasteiger partial charge in [0.05, 0.1) is 13.2 Å². The molecule has 1 amide bonds. The van der Waals surface area contributed by atoms with Crippen molar-refractivity contribution in [1.29, 1.82) is 0 Å². The second-order valence-corrected chi connectivity index (χ2v) is 7.88.